The van der Waals surface area contributed by atoms with Gasteiger partial charge in [-0.25, -0.2) is 4.39 Å². The van der Waals surface area contributed by atoms with Crippen molar-refractivity contribution in [2.24, 2.45) is 0 Å². The van der Waals surface area contributed by atoms with Gasteiger partial charge in [-0.3, -0.25) is 14.4 Å². The molecule has 7 nitrogen and oxygen atoms in total. The van der Waals surface area contributed by atoms with Crippen LogP contribution in [0.4, 0.5) is 10.1 Å². The molecule has 0 aliphatic rings. The van der Waals surface area contributed by atoms with Crippen molar-refractivity contribution in [3.63, 3.8) is 0 Å². The van der Waals surface area contributed by atoms with Gasteiger partial charge in [0, 0.05) is 11.3 Å². The van der Waals surface area contributed by atoms with Crippen LogP contribution in [0.15, 0.2) is 42.5 Å². The first kappa shape index (κ1) is 20.2. The molecular formula is C18H16ClFN2O5. The number of rotatable bonds is 7. The van der Waals surface area contributed by atoms with E-state index in [1.54, 1.807) is 12.1 Å². The average molecular weight is 395 g/mol. The van der Waals surface area contributed by atoms with E-state index in [2.05, 4.69) is 10.6 Å². The second kappa shape index (κ2) is 9.54. The van der Waals surface area contributed by atoms with E-state index < -0.39 is 36.8 Å². The van der Waals surface area contributed by atoms with Crippen LogP contribution in [0.5, 0.6) is 5.75 Å². The molecule has 0 unspecified atom stereocenters. The Morgan fingerprint density at radius 3 is 2.59 bits per heavy atom. The van der Waals surface area contributed by atoms with Gasteiger partial charge in [0.2, 0.25) is 0 Å². The molecule has 2 N–H and O–H groups in total. The summed E-state index contributed by atoms with van der Waals surface area (Å²) in [6.45, 7) is -1.00. The third-order valence-electron chi connectivity index (χ3n) is 3.28. The molecular weight excluding hydrogens is 379 g/mol. The van der Waals surface area contributed by atoms with Crippen LogP contribution in [0.2, 0.25) is 5.02 Å². The van der Waals surface area contributed by atoms with Crippen LogP contribution in [0, 0.1) is 5.82 Å². The molecule has 2 rings (SSSR count). The molecule has 2 amide bonds. The largest absolute Gasteiger partial charge is 0.495 e. The number of hydrogen-bond donors (Lipinski definition) is 2. The Kier molecular flexibility index (Phi) is 7.13. The normalized spacial score (nSPS) is 10.0. The minimum absolute atomic E-state index is 0.0666. The second-order valence-electron chi connectivity index (χ2n) is 5.25. The first-order chi connectivity index (χ1) is 12.9. The van der Waals surface area contributed by atoms with Crippen LogP contribution in [0.3, 0.4) is 0 Å². The quantitative estimate of drug-likeness (QED) is 0.703. The van der Waals surface area contributed by atoms with Crippen molar-refractivity contribution in [1.29, 1.82) is 0 Å². The summed E-state index contributed by atoms with van der Waals surface area (Å²) in [6, 6.07) is 9.64. The van der Waals surface area contributed by atoms with E-state index in [0.29, 0.717) is 16.5 Å². The molecule has 0 saturated carbocycles. The zero-order chi connectivity index (χ0) is 19.8. The summed E-state index contributed by atoms with van der Waals surface area (Å²) in [6.07, 6.45) is 0. The highest BCUT2D eigenvalue weighted by Crippen LogP contribution is 2.27. The van der Waals surface area contributed by atoms with Crippen molar-refractivity contribution in [3.05, 3.63) is 58.9 Å². The summed E-state index contributed by atoms with van der Waals surface area (Å²) in [5, 5.41) is 5.09. The summed E-state index contributed by atoms with van der Waals surface area (Å²) < 4.78 is 22.8. The fraction of sp³-hybridized carbons (Fsp3) is 0.167. The molecule has 0 heterocycles. The first-order valence-electron chi connectivity index (χ1n) is 7.72. The standard InChI is InChI=1S/C18H16ClFN2O5/c1-26-15-6-5-13(8-14(15)19)22-16(23)10-27-17(24)9-21-18(25)11-3-2-4-12(20)7-11/h2-8H,9-10H2,1H3,(H,21,25)(H,22,23). The zero-order valence-electron chi connectivity index (χ0n) is 14.3. The number of benzene rings is 2. The van der Waals surface area contributed by atoms with Crippen LogP contribution in [0.1, 0.15) is 10.4 Å². The lowest BCUT2D eigenvalue weighted by atomic mass is 10.2. The monoisotopic (exact) mass is 394 g/mol. The molecule has 2 aromatic rings. The molecule has 0 aliphatic carbocycles. The lowest BCUT2D eigenvalue weighted by Crippen LogP contribution is -2.32. The van der Waals surface area contributed by atoms with E-state index >= 15 is 0 Å². The van der Waals surface area contributed by atoms with Gasteiger partial charge in [0.25, 0.3) is 11.8 Å². The third-order valence-corrected chi connectivity index (χ3v) is 3.58. The Bertz CT molecular complexity index is 859. The molecule has 9 heteroatoms. The fourth-order valence-electron chi connectivity index (χ4n) is 2.02. The van der Waals surface area contributed by atoms with Gasteiger partial charge >= 0.3 is 5.97 Å². The fourth-order valence-corrected chi connectivity index (χ4v) is 2.28. The molecule has 2 aromatic carbocycles. The van der Waals surface area contributed by atoms with Gasteiger partial charge < -0.3 is 20.1 Å². The van der Waals surface area contributed by atoms with Crippen LogP contribution in [-0.4, -0.2) is 38.0 Å². The van der Waals surface area contributed by atoms with Crippen LogP contribution in [0.25, 0.3) is 0 Å². The number of carbonyl (C=O) groups excluding carboxylic acids is 3. The van der Waals surface area contributed by atoms with Gasteiger partial charge in [-0.05, 0) is 36.4 Å². The lowest BCUT2D eigenvalue weighted by molar-refractivity contribution is -0.146. The number of carbonyl (C=O) groups is 3. The Labute approximate surface area is 159 Å². The van der Waals surface area contributed by atoms with E-state index in [1.807, 2.05) is 0 Å². The van der Waals surface area contributed by atoms with Crippen molar-refractivity contribution in [2.45, 2.75) is 0 Å². The maximum atomic E-state index is 13.1. The molecule has 27 heavy (non-hydrogen) atoms. The van der Waals surface area contributed by atoms with E-state index in [1.165, 1.54) is 31.4 Å². The zero-order valence-corrected chi connectivity index (χ0v) is 15.0. The van der Waals surface area contributed by atoms with E-state index in [4.69, 9.17) is 21.1 Å². The minimum Gasteiger partial charge on any atom is -0.495 e. The maximum absolute atomic E-state index is 13.1. The maximum Gasteiger partial charge on any atom is 0.325 e. The number of ether oxygens (including phenoxy) is 2. The molecule has 0 radical (unpaired) electrons. The predicted octanol–water partition coefficient (Wildman–Crippen LogP) is 2.40. The van der Waals surface area contributed by atoms with Crippen LogP contribution < -0.4 is 15.4 Å². The Hall–Kier alpha value is -3.13. The number of halogens is 2. The molecule has 0 saturated heterocycles. The van der Waals surface area contributed by atoms with Gasteiger partial charge in [0.1, 0.15) is 18.1 Å². The summed E-state index contributed by atoms with van der Waals surface area (Å²) >= 11 is 5.95. The van der Waals surface area contributed by atoms with Crippen molar-refractivity contribution < 1.29 is 28.2 Å². The van der Waals surface area contributed by atoms with Gasteiger partial charge in [0.05, 0.1) is 12.1 Å². The van der Waals surface area contributed by atoms with Crippen molar-refractivity contribution in [2.75, 3.05) is 25.6 Å². The number of methoxy groups -OCH3 is 1. The van der Waals surface area contributed by atoms with Crippen molar-refractivity contribution >= 4 is 35.1 Å². The van der Waals surface area contributed by atoms with E-state index in [9.17, 15) is 18.8 Å². The lowest BCUT2D eigenvalue weighted by Gasteiger charge is -2.09. The van der Waals surface area contributed by atoms with Crippen molar-refractivity contribution in [1.82, 2.24) is 5.32 Å². The molecule has 0 bridgehead atoms. The summed E-state index contributed by atoms with van der Waals surface area (Å²) in [5.74, 6) is -2.15. The van der Waals surface area contributed by atoms with Crippen LogP contribution >= 0.6 is 11.6 Å². The number of hydrogen-bond acceptors (Lipinski definition) is 5. The Balaban J connectivity index is 1.75. The topological polar surface area (TPSA) is 93.7 Å². The first-order valence-corrected chi connectivity index (χ1v) is 8.09. The highest BCUT2D eigenvalue weighted by atomic mass is 35.5. The van der Waals surface area contributed by atoms with Gasteiger partial charge in [0.15, 0.2) is 6.61 Å². The van der Waals surface area contributed by atoms with Gasteiger partial charge in [-0.1, -0.05) is 17.7 Å². The van der Waals surface area contributed by atoms with Gasteiger partial charge in [-0.15, -0.1) is 0 Å². The Morgan fingerprint density at radius 2 is 1.93 bits per heavy atom. The highest BCUT2D eigenvalue weighted by molar-refractivity contribution is 6.32. The molecule has 0 fully saturated rings. The average Bonchev–Trinajstić information content (AvgIpc) is 2.64. The van der Waals surface area contributed by atoms with Gasteiger partial charge in [-0.2, -0.15) is 0 Å². The van der Waals surface area contributed by atoms with Crippen LogP contribution in [-0.2, 0) is 14.3 Å². The number of nitrogens with one attached hydrogen (secondary N) is 2. The number of amides is 2. The number of anilines is 1. The highest BCUT2D eigenvalue weighted by Gasteiger charge is 2.12. The molecule has 0 aliphatic heterocycles. The van der Waals surface area contributed by atoms with Crippen molar-refractivity contribution in [3.8, 4) is 5.75 Å². The van der Waals surface area contributed by atoms with E-state index in [0.717, 1.165) is 6.07 Å². The smallest absolute Gasteiger partial charge is 0.325 e. The molecule has 0 spiro atoms. The predicted molar refractivity (Wildman–Crippen MR) is 96.3 cm³/mol. The number of esters is 1. The summed E-state index contributed by atoms with van der Waals surface area (Å²) in [4.78, 5) is 35.2. The third kappa shape index (κ3) is 6.27. The minimum atomic E-state index is -0.817. The molecule has 142 valence electrons. The SMILES string of the molecule is COc1ccc(NC(=O)COC(=O)CNC(=O)c2cccc(F)c2)cc1Cl. The van der Waals surface area contributed by atoms with E-state index in [-0.39, 0.29) is 5.56 Å². The summed E-state index contributed by atoms with van der Waals surface area (Å²) in [5.41, 5.74) is 0.471. The molecule has 0 atom stereocenters. The Morgan fingerprint density at radius 1 is 1.15 bits per heavy atom. The summed E-state index contributed by atoms with van der Waals surface area (Å²) in [7, 11) is 1.46. The molecule has 0 aromatic heterocycles. The second-order valence-corrected chi connectivity index (χ2v) is 5.66.